The Kier molecular flexibility index (Phi) is 11.1. The molecule has 1 heterocycles. The molecule has 0 unspecified atom stereocenters. The maximum absolute atomic E-state index is 4.66. The van der Waals surface area contributed by atoms with Crippen LogP contribution >= 0.6 is 24.0 Å². The Bertz CT molecular complexity index is 474. The summed E-state index contributed by atoms with van der Waals surface area (Å²) in [7, 11) is 0. The highest BCUT2D eigenvalue weighted by atomic mass is 127. The zero-order valence-corrected chi connectivity index (χ0v) is 17.5. The average Bonchev–Trinajstić information content (AvgIpc) is 2.82. The normalized spacial score (nSPS) is 15.1. The number of nitrogens with one attached hydrogen (secondary N) is 2. The van der Waals surface area contributed by atoms with Crippen LogP contribution in [0.4, 0.5) is 0 Å². The van der Waals surface area contributed by atoms with Gasteiger partial charge >= 0.3 is 0 Å². The molecule has 0 spiro atoms. The third-order valence-electron chi connectivity index (χ3n) is 4.20. The van der Waals surface area contributed by atoms with Gasteiger partial charge in [0.1, 0.15) is 0 Å². The Morgan fingerprint density at radius 2 is 1.62 bits per heavy atom. The Morgan fingerprint density at radius 1 is 1.00 bits per heavy atom. The second-order valence-electron chi connectivity index (χ2n) is 6.24. The van der Waals surface area contributed by atoms with Gasteiger partial charge in [0.15, 0.2) is 5.96 Å². The summed E-state index contributed by atoms with van der Waals surface area (Å²) >= 11 is 0. The van der Waals surface area contributed by atoms with E-state index in [1.54, 1.807) is 0 Å². The standard InChI is InChI=1S/C19H32N4.HI/c1-3-20-19(21-4-2)22-15-17-10-9-11-18(14-17)16-23-12-7-5-6-8-13-23;/h9-11,14H,3-8,12-13,15-16H2,1-2H3,(H2,20,21,22);1H. The molecule has 5 heteroatoms. The SMILES string of the molecule is CCNC(=NCc1cccc(CN2CCCCCC2)c1)NCC.I. The van der Waals surface area contributed by atoms with E-state index in [1.165, 1.54) is 49.9 Å². The van der Waals surface area contributed by atoms with E-state index in [4.69, 9.17) is 0 Å². The summed E-state index contributed by atoms with van der Waals surface area (Å²) in [5.74, 6) is 0.896. The van der Waals surface area contributed by atoms with Crippen molar-refractivity contribution in [1.82, 2.24) is 15.5 Å². The van der Waals surface area contributed by atoms with Crippen molar-refractivity contribution in [2.24, 2.45) is 4.99 Å². The van der Waals surface area contributed by atoms with Crippen LogP contribution in [0.25, 0.3) is 0 Å². The molecule has 1 aromatic rings. The molecular formula is C19H33IN4. The molecule has 1 saturated heterocycles. The third kappa shape index (κ3) is 7.83. The predicted octanol–water partition coefficient (Wildman–Crippen LogP) is 3.76. The number of hydrogen-bond donors (Lipinski definition) is 2. The van der Waals surface area contributed by atoms with Crippen molar-refractivity contribution in [3.05, 3.63) is 35.4 Å². The van der Waals surface area contributed by atoms with Gasteiger partial charge in [0.05, 0.1) is 6.54 Å². The lowest BCUT2D eigenvalue weighted by atomic mass is 10.1. The van der Waals surface area contributed by atoms with Gasteiger partial charge < -0.3 is 10.6 Å². The molecule has 1 aliphatic heterocycles. The Balaban J connectivity index is 0.00000288. The van der Waals surface area contributed by atoms with Gasteiger partial charge in [0.25, 0.3) is 0 Å². The van der Waals surface area contributed by atoms with Crippen LogP contribution in [0, 0.1) is 0 Å². The first-order valence-electron chi connectivity index (χ1n) is 9.14. The van der Waals surface area contributed by atoms with E-state index in [9.17, 15) is 0 Å². The number of nitrogens with zero attached hydrogens (tertiary/aromatic N) is 2. The monoisotopic (exact) mass is 444 g/mol. The number of halogens is 1. The van der Waals surface area contributed by atoms with Crippen LogP contribution < -0.4 is 10.6 Å². The minimum absolute atomic E-state index is 0. The molecule has 0 amide bonds. The maximum atomic E-state index is 4.66. The molecule has 136 valence electrons. The summed E-state index contributed by atoms with van der Waals surface area (Å²) in [5, 5.41) is 6.54. The lowest BCUT2D eigenvalue weighted by Gasteiger charge is -2.20. The topological polar surface area (TPSA) is 39.7 Å². The Hall–Kier alpha value is -0.820. The van der Waals surface area contributed by atoms with Crippen LogP contribution in [0.2, 0.25) is 0 Å². The minimum atomic E-state index is 0. The zero-order chi connectivity index (χ0) is 16.3. The molecular weight excluding hydrogens is 411 g/mol. The molecule has 0 aromatic heterocycles. The van der Waals surface area contributed by atoms with Crippen LogP contribution in [-0.2, 0) is 13.1 Å². The van der Waals surface area contributed by atoms with Crippen molar-refractivity contribution < 1.29 is 0 Å². The van der Waals surface area contributed by atoms with E-state index in [2.05, 4.69) is 58.6 Å². The molecule has 0 bridgehead atoms. The van der Waals surface area contributed by atoms with E-state index < -0.39 is 0 Å². The molecule has 0 radical (unpaired) electrons. The lowest BCUT2D eigenvalue weighted by molar-refractivity contribution is 0.277. The summed E-state index contributed by atoms with van der Waals surface area (Å²) in [6.07, 6.45) is 5.48. The molecule has 2 N–H and O–H groups in total. The van der Waals surface area contributed by atoms with Crippen molar-refractivity contribution in [3.8, 4) is 0 Å². The smallest absolute Gasteiger partial charge is 0.191 e. The summed E-state index contributed by atoms with van der Waals surface area (Å²) in [4.78, 5) is 7.25. The van der Waals surface area contributed by atoms with Gasteiger partial charge in [-0.3, -0.25) is 4.90 Å². The molecule has 1 aromatic carbocycles. The number of hydrogen-bond acceptors (Lipinski definition) is 2. The summed E-state index contributed by atoms with van der Waals surface area (Å²) in [5.41, 5.74) is 2.69. The Morgan fingerprint density at radius 3 is 2.25 bits per heavy atom. The minimum Gasteiger partial charge on any atom is -0.357 e. The van der Waals surface area contributed by atoms with Crippen LogP contribution in [0.1, 0.15) is 50.7 Å². The molecule has 0 aliphatic carbocycles. The number of aliphatic imine (C=N–C) groups is 1. The van der Waals surface area contributed by atoms with Crippen molar-refractivity contribution in [2.75, 3.05) is 26.2 Å². The molecule has 0 atom stereocenters. The van der Waals surface area contributed by atoms with Gasteiger partial charge in [-0.1, -0.05) is 37.1 Å². The Labute approximate surface area is 164 Å². The van der Waals surface area contributed by atoms with Crippen LogP contribution in [0.3, 0.4) is 0 Å². The van der Waals surface area contributed by atoms with E-state index >= 15 is 0 Å². The van der Waals surface area contributed by atoms with Gasteiger partial charge in [-0.2, -0.15) is 0 Å². The molecule has 4 nitrogen and oxygen atoms in total. The summed E-state index contributed by atoms with van der Waals surface area (Å²) < 4.78 is 0. The molecule has 2 rings (SSSR count). The largest absolute Gasteiger partial charge is 0.357 e. The lowest BCUT2D eigenvalue weighted by Crippen LogP contribution is -2.36. The quantitative estimate of drug-likeness (QED) is 0.399. The molecule has 0 saturated carbocycles. The second kappa shape index (κ2) is 12.5. The first-order valence-corrected chi connectivity index (χ1v) is 9.14. The molecule has 1 fully saturated rings. The summed E-state index contributed by atoms with van der Waals surface area (Å²) in [6, 6.07) is 8.89. The fourth-order valence-corrected chi connectivity index (χ4v) is 3.06. The van der Waals surface area contributed by atoms with Crippen LogP contribution in [-0.4, -0.2) is 37.0 Å². The van der Waals surface area contributed by atoms with Gasteiger partial charge in [-0.25, -0.2) is 4.99 Å². The highest BCUT2D eigenvalue weighted by molar-refractivity contribution is 14.0. The highest BCUT2D eigenvalue weighted by Crippen LogP contribution is 2.14. The molecule has 1 aliphatic rings. The third-order valence-corrected chi connectivity index (χ3v) is 4.20. The molecule has 24 heavy (non-hydrogen) atoms. The fourth-order valence-electron chi connectivity index (χ4n) is 3.06. The van der Waals surface area contributed by atoms with E-state index in [0.29, 0.717) is 0 Å². The second-order valence-corrected chi connectivity index (χ2v) is 6.24. The number of benzene rings is 1. The van der Waals surface area contributed by atoms with Crippen LogP contribution in [0.15, 0.2) is 29.3 Å². The van der Waals surface area contributed by atoms with Gasteiger partial charge in [-0.05, 0) is 50.9 Å². The first kappa shape index (κ1) is 21.2. The first-order chi connectivity index (χ1) is 11.3. The maximum Gasteiger partial charge on any atom is 0.191 e. The van der Waals surface area contributed by atoms with Gasteiger partial charge in [-0.15, -0.1) is 24.0 Å². The average molecular weight is 444 g/mol. The van der Waals surface area contributed by atoms with E-state index in [0.717, 1.165) is 32.1 Å². The fraction of sp³-hybridized carbons (Fsp3) is 0.632. The summed E-state index contributed by atoms with van der Waals surface area (Å²) in [6.45, 7) is 10.2. The highest BCUT2D eigenvalue weighted by Gasteiger charge is 2.09. The van der Waals surface area contributed by atoms with Crippen molar-refractivity contribution in [3.63, 3.8) is 0 Å². The van der Waals surface area contributed by atoms with Crippen molar-refractivity contribution in [2.45, 2.75) is 52.6 Å². The predicted molar refractivity (Wildman–Crippen MR) is 114 cm³/mol. The van der Waals surface area contributed by atoms with Crippen molar-refractivity contribution >= 4 is 29.9 Å². The van der Waals surface area contributed by atoms with Gasteiger partial charge in [0, 0.05) is 19.6 Å². The number of rotatable bonds is 6. The number of likely N-dealkylation sites (tertiary alicyclic amines) is 1. The van der Waals surface area contributed by atoms with Gasteiger partial charge in [0.2, 0.25) is 0 Å². The number of guanidine groups is 1. The van der Waals surface area contributed by atoms with Crippen LogP contribution in [0.5, 0.6) is 0 Å². The van der Waals surface area contributed by atoms with E-state index in [-0.39, 0.29) is 24.0 Å². The van der Waals surface area contributed by atoms with E-state index in [1.807, 2.05) is 0 Å². The van der Waals surface area contributed by atoms with Crippen molar-refractivity contribution in [1.29, 1.82) is 0 Å². The zero-order valence-electron chi connectivity index (χ0n) is 15.2.